The summed E-state index contributed by atoms with van der Waals surface area (Å²) >= 11 is 13.7. The van der Waals surface area contributed by atoms with Gasteiger partial charge in [-0.2, -0.15) is 5.10 Å². The van der Waals surface area contributed by atoms with Crippen LogP contribution in [0.15, 0.2) is 77.2 Å². The molecule has 0 saturated carbocycles. The van der Waals surface area contributed by atoms with Crippen LogP contribution in [0, 0.1) is 0 Å². The maximum absolute atomic E-state index is 6.11. The molecule has 1 aliphatic heterocycles. The molecule has 1 aliphatic rings. The second-order valence-corrected chi connectivity index (χ2v) is 9.46. The number of halogens is 2. The number of hydrogen-bond donors (Lipinski definition) is 0. The fourth-order valence-corrected chi connectivity index (χ4v) is 5.03. The number of anilines is 1. The zero-order chi connectivity index (χ0) is 23.7. The number of aromatic nitrogens is 1. The van der Waals surface area contributed by atoms with Gasteiger partial charge in [-0.05, 0) is 47.5 Å². The third-order valence-electron chi connectivity index (χ3n) is 5.71. The molecule has 0 spiro atoms. The Balaban J connectivity index is 1.54. The van der Waals surface area contributed by atoms with E-state index < -0.39 is 0 Å². The maximum Gasteiger partial charge on any atom is 0.207 e. The van der Waals surface area contributed by atoms with Gasteiger partial charge >= 0.3 is 0 Å². The first-order valence-electron chi connectivity index (χ1n) is 10.6. The van der Waals surface area contributed by atoms with E-state index in [9.17, 15) is 0 Å². The van der Waals surface area contributed by atoms with E-state index in [0.717, 1.165) is 33.2 Å². The maximum atomic E-state index is 6.11. The molecular formula is C26H21Cl2N3O2S. The van der Waals surface area contributed by atoms with Crippen molar-refractivity contribution in [2.75, 3.05) is 19.2 Å². The van der Waals surface area contributed by atoms with Crippen LogP contribution >= 0.6 is 34.5 Å². The molecule has 5 nitrogen and oxygen atoms in total. The molecule has 0 fully saturated rings. The molecule has 0 amide bonds. The van der Waals surface area contributed by atoms with Gasteiger partial charge in [0.1, 0.15) is 0 Å². The van der Waals surface area contributed by atoms with Gasteiger partial charge in [-0.1, -0.05) is 53.5 Å². The lowest BCUT2D eigenvalue weighted by Crippen LogP contribution is -2.18. The minimum absolute atomic E-state index is 0.0466. The fourth-order valence-electron chi connectivity index (χ4n) is 3.95. The summed E-state index contributed by atoms with van der Waals surface area (Å²) in [5.74, 6) is 1.37. The highest BCUT2D eigenvalue weighted by Gasteiger charge is 2.32. The van der Waals surface area contributed by atoms with Gasteiger partial charge in [-0.15, -0.1) is 11.3 Å². The number of hydrogen-bond acceptors (Lipinski definition) is 6. The van der Waals surface area contributed by atoms with Crippen molar-refractivity contribution in [1.29, 1.82) is 0 Å². The van der Waals surface area contributed by atoms with Gasteiger partial charge in [0, 0.05) is 27.4 Å². The summed E-state index contributed by atoms with van der Waals surface area (Å²) < 4.78 is 11.0. The minimum Gasteiger partial charge on any atom is -0.493 e. The first-order valence-corrected chi connectivity index (χ1v) is 12.3. The lowest BCUT2D eigenvalue weighted by atomic mass is 9.98. The Morgan fingerprint density at radius 1 is 0.853 bits per heavy atom. The van der Waals surface area contributed by atoms with E-state index in [-0.39, 0.29) is 6.04 Å². The molecule has 8 heteroatoms. The zero-order valence-electron chi connectivity index (χ0n) is 18.5. The normalized spacial score (nSPS) is 15.4. The molecule has 4 aromatic rings. The highest BCUT2D eigenvalue weighted by Crippen LogP contribution is 2.41. The van der Waals surface area contributed by atoms with E-state index in [1.54, 1.807) is 25.6 Å². The molecule has 1 aromatic heterocycles. The molecule has 5 rings (SSSR count). The summed E-state index contributed by atoms with van der Waals surface area (Å²) in [7, 11) is 3.28. The number of thiazole rings is 1. The van der Waals surface area contributed by atoms with Crippen LogP contribution in [0.5, 0.6) is 11.5 Å². The smallest absolute Gasteiger partial charge is 0.207 e. The molecule has 0 N–H and O–H groups in total. The Morgan fingerprint density at radius 2 is 1.50 bits per heavy atom. The highest BCUT2D eigenvalue weighted by molar-refractivity contribution is 7.14. The second-order valence-electron chi connectivity index (χ2n) is 7.75. The second kappa shape index (κ2) is 9.66. The van der Waals surface area contributed by atoms with Crippen molar-refractivity contribution in [2.24, 2.45) is 5.10 Å². The number of rotatable bonds is 6. The summed E-state index contributed by atoms with van der Waals surface area (Å²) in [6.45, 7) is 0. The Bertz CT molecular complexity index is 1340. The van der Waals surface area contributed by atoms with Crippen LogP contribution in [-0.2, 0) is 0 Å². The van der Waals surface area contributed by atoms with Crippen LogP contribution in [0.3, 0.4) is 0 Å². The van der Waals surface area contributed by atoms with Crippen molar-refractivity contribution in [2.45, 2.75) is 12.5 Å². The van der Waals surface area contributed by atoms with Crippen LogP contribution in [0.4, 0.5) is 5.13 Å². The van der Waals surface area contributed by atoms with Crippen LogP contribution in [0.25, 0.3) is 11.3 Å². The minimum atomic E-state index is -0.0466. The predicted octanol–water partition coefficient (Wildman–Crippen LogP) is 7.49. The Morgan fingerprint density at radius 3 is 2.15 bits per heavy atom. The van der Waals surface area contributed by atoms with Gasteiger partial charge in [0.15, 0.2) is 11.5 Å². The molecule has 2 heterocycles. The molecule has 3 aromatic carbocycles. The summed E-state index contributed by atoms with van der Waals surface area (Å²) in [4.78, 5) is 4.90. The van der Waals surface area contributed by atoms with E-state index in [2.05, 4.69) is 0 Å². The Hall–Kier alpha value is -3.06. The number of ether oxygens (including phenoxy) is 2. The molecule has 1 unspecified atom stereocenters. The largest absolute Gasteiger partial charge is 0.493 e. The number of hydrazone groups is 1. The molecule has 0 radical (unpaired) electrons. The monoisotopic (exact) mass is 509 g/mol. The summed E-state index contributed by atoms with van der Waals surface area (Å²) in [6.07, 6.45) is 0.715. The van der Waals surface area contributed by atoms with E-state index in [1.165, 1.54) is 0 Å². The Kier molecular flexibility index (Phi) is 6.46. The third kappa shape index (κ3) is 4.49. The van der Waals surface area contributed by atoms with Crippen molar-refractivity contribution < 1.29 is 9.47 Å². The van der Waals surface area contributed by atoms with E-state index >= 15 is 0 Å². The Labute approximate surface area is 212 Å². The number of benzene rings is 3. The average Bonchev–Trinajstić information content (AvgIpc) is 3.52. The first-order chi connectivity index (χ1) is 16.6. The summed E-state index contributed by atoms with van der Waals surface area (Å²) in [5.41, 5.74) is 4.97. The molecule has 0 bridgehead atoms. The van der Waals surface area contributed by atoms with E-state index in [0.29, 0.717) is 28.0 Å². The van der Waals surface area contributed by atoms with E-state index in [4.69, 9.17) is 42.8 Å². The van der Waals surface area contributed by atoms with Gasteiger partial charge in [0.25, 0.3) is 0 Å². The molecular weight excluding hydrogens is 489 g/mol. The lowest BCUT2D eigenvalue weighted by Gasteiger charge is -2.22. The van der Waals surface area contributed by atoms with Gasteiger partial charge in [0.05, 0.1) is 31.7 Å². The summed E-state index contributed by atoms with van der Waals surface area (Å²) in [5, 5.41) is 11.2. The quantitative estimate of drug-likeness (QED) is 0.270. The van der Waals surface area contributed by atoms with Crippen LogP contribution < -0.4 is 14.5 Å². The van der Waals surface area contributed by atoms with Gasteiger partial charge in [-0.25, -0.2) is 9.99 Å². The number of methoxy groups -OCH3 is 2. The fraction of sp³-hybridized carbons (Fsp3) is 0.154. The van der Waals surface area contributed by atoms with E-state index in [1.807, 2.05) is 77.1 Å². The van der Waals surface area contributed by atoms with Crippen molar-refractivity contribution in [3.63, 3.8) is 0 Å². The van der Waals surface area contributed by atoms with Crippen molar-refractivity contribution >= 4 is 45.4 Å². The topological polar surface area (TPSA) is 47.0 Å². The highest BCUT2D eigenvalue weighted by atomic mass is 35.5. The van der Waals surface area contributed by atoms with Crippen molar-refractivity contribution in [1.82, 2.24) is 4.98 Å². The number of nitrogens with zero attached hydrogens (tertiary/aromatic N) is 3. The van der Waals surface area contributed by atoms with Crippen LogP contribution in [-0.4, -0.2) is 24.9 Å². The van der Waals surface area contributed by atoms with Crippen molar-refractivity contribution in [3.8, 4) is 22.8 Å². The standard InChI is InChI=1S/C26H21Cl2N3O2S/c1-32-24-12-7-18(13-25(24)33-2)23-14-21(16-3-8-19(27)9-4-16)30-31(23)26-29-22(15-34-26)17-5-10-20(28)11-6-17/h3-13,15,23H,14H2,1-2H3. The lowest BCUT2D eigenvalue weighted by molar-refractivity contribution is 0.354. The molecule has 0 aliphatic carbocycles. The predicted molar refractivity (Wildman–Crippen MR) is 140 cm³/mol. The molecule has 34 heavy (non-hydrogen) atoms. The zero-order valence-corrected chi connectivity index (χ0v) is 20.9. The van der Waals surface area contributed by atoms with Crippen LogP contribution in [0.1, 0.15) is 23.6 Å². The van der Waals surface area contributed by atoms with Gasteiger partial charge in [0.2, 0.25) is 5.13 Å². The SMILES string of the molecule is COc1ccc(C2CC(c3ccc(Cl)cc3)=NN2c2nc(-c3ccc(Cl)cc3)cs2)cc1OC. The van der Waals surface area contributed by atoms with Crippen molar-refractivity contribution in [3.05, 3.63) is 93.3 Å². The first kappa shape index (κ1) is 22.7. The average molecular weight is 510 g/mol. The summed E-state index contributed by atoms with van der Waals surface area (Å²) in [6, 6.07) is 21.4. The molecule has 1 atom stereocenters. The molecule has 0 saturated heterocycles. The van der Waals surface area contributed by atoms with Gasteiger partial charge < -0.3 is 9.47 Å². The molecule has 172 valence electrons. The van der Waals surface area contributed by atoms with Gasteiger partial charge in [-0.3, -0.25) is 0 Å². The third-order valence-corrected chi connectivity index (χ3v) is 7.04. The van der Waals surface area contributed by atoms with Crippen LogP contribution in [0.2, 0.25) is 10.0 Å².